The summed E-state index contributed by atoms with van der Waals surface area (Å²) in [5.41, 5.74) is 2.08. The average Bonchev–Trinajstić information content (AvgIpc) is 2.55. The van der Waals surface area contributed by atoms with Gasteiger partial charge in [-0.25, -0.2) is 0 Å². The third kappa shape index (κ3) is 4.42. The molecule has 0 aromatic heterocycles. The van der Waals surface area contributed by atoms with Crippen LogP contribution in [0.4, 0.5) is 5.69 Å². The predicted molar refractivity (Wildman–Crippen MR) is 89.0 cm³/mol. The molecular formula is C19H19NO2. The molecule has 0 aliphatic carbocycles. The molecule has 22 heavy (non-hydrogen) atoms. The summed E-state index contributed by atoms with van der Waals surface area (Å²) in [6, 6.07) is 16.4. The number of carbonyl (C=O) groups is 2. The maximum atomic E-state index is 12.2. The molecule has 0 radical (unpaired) electrons. The summed E-state index contributed by atoms with van der Waals surface area (Å²) >= 11 is 0. The number of amides is 1. The van der Waals surface area contributed by atoms with Crippen LogP contribution in [0.25, 0.3) is 0 Å². The molecule has 3 heteroatoms. The molecule has 1 amide bonds. The number of para-hydroxylation sites is 1. The van der Waals surface area contributed by atoms with Gasteiger partial charge in [-0.05, 0) is 36.3 Å². The standard InChI is InChI=1S/C19H19NO2/c1-2-3-12-17(21)14-16-11-7-8-13-18(16)20-19(22)15-9-5-4-6-10-15/h3-13H,2,14H2,1H3,(H,20,22). The Labute approximate surface area is 130 Å². The largest absolute Gasteiger partial charge is 0.322 e. The Balaban J connectivity index is 2.13. The lowest BCUT2D eigenvalue weighted by Crippen LogP contribution is -2.14. The number of nitrogens with one attached hydrogen (secondary N) is 1. The molecule has 112 valence electrons. The molecular weight excluding hydrogens is 274 g/mol. The lowest BCUT2D eigenvalue weighted by atomic mass is 10.1. The van der Waals surface area contributed by atoms with Crippen LogP contribution in [0.2, 0.25) is 0 Å². The Morgan fingerprint density at radius 2 is 1.68 bits per heavy atom. The fraction of sp³-hybridized carbons (Fsp3) is 0.158. The third-order valence-corrected chi connectivity index (χ3v) is 3.21. The molecule has 0 saturated carbocycles. The van der Waals surface area contributed by atoms with Crippen molar-refractivity contribution in [2.24, 2.45) is 0 Å². The lowest BCUT2D eigenvalue weighted by molar-refractivity contribution is -0.114. The minimum absolute atomic E-state index is 0.0308. The monoisotopic (exact) mass is 293 g/mol. The van der Waals surface area contributed by atoms with Gasteiger partial charge in [0.25, 0.3) is 5.91 Å². The van der Waals surface area contributed by atoms with E-state index in [1.807, 2.05) is 55.5 Å². The van der Waals surface area contributed by atoms with E-state index in [0.29, 0.717) is 11.3 Å². The maximum absolute atomic E-state index is 12.2. The van der Waals surface area contributed by atoms with Gasteiger partial charge >= 0.3 is 0 Å². The Hall–Kier alpha value is -2.68. The van der Waals surface area contributed by atoms with E-state index in [1.165, 1.54) is 0 Å². The molecule has 0 aliphatic rings. The van der Waals surface area contributed by atoms with E-state index < -0.39 is 0 Å². The van der Waals surface area contributed by atoms with Gasteiger partial charge in [0.1, 0.15) is 0 Å². The summed E-state index contributed by atoms with van der Waals surface area (Å²) in [6.45, 7) is 1.98. The number of hydrogen-bond donors (Lipinski definition) is 1. The van der Waals surface area contributed by atoms with Crippen molar-refractivity contribution in [1.29, 1.82) is 0 Å². The van der Waals surface area contributed by atoms with Crippen molar-refractivity contribution in [1.82, 2.24) is 0 Å². The summed E-state index contributed by atoms with van der Waals surface area (Å²) < 4.78 is 0. The van der Waals surface area contributed by atoms with Crippen molar-refractivity contribution in [2.45, 2.75) is 19.8 Å². The van der Waals surface area contributed by atoms with Gasteiger partial charge < -0.3 is 5.32 Å². The van der Waals surface area contributed by atoms with Crippen molar-refractivity contribution in [3.63, 3.8) is 0 Å². The zero-order valence-electron chi connectivity index (χ0n) is 12.6. The van der Waals surface area contributed by atoms with Crippen LogP contribution in [-0.4, -0.2) is 11.7 Å². The quantitative estimate of drug-likeness (QED) is 0.818. The molecule has 0 bridgehead atoms. The molecule has 2 rings (SSSR count). The number of allylic oxidation sites excluding steroid dienone is 2. The molecule has 0 atom stereocenters. The highest BCUT2D eigenvalue weighted by atomic mass is 16.1. The first kappa shape index (κ1) is 15.7. The van der Waals surface area contributed by atoms with Gasteiger partial charge in [-0.1, -0.05) is 49.4 Å². The van der Waals surface area contributed by atoms with Gasteiger partial charge in [0.15, 0.2) is 5.78 Å². The summed E-state index contributed by atoms with van der Waals surface area (Å²) in [5, 5.41) is 2.87. The first-order chi connectivity index (χ1) is 10.7. The third-order valence-electron chi connectivity index (χ3n) is 3.21. The van der Waals surface area contributed by atoms with Gasteiger partial charge in [-0.2, -0.15) is 0 Å². The van der Waals surface area contributed by atoms with E-state index in [2.05, 4.69) is 5.32 Å². The van der Waals surface area contributed by atoms with Crippen LogP contribution in [-0.2, 0) is 11.2 Å². The van der Waals surface area contributed by atoms with Crippen molar-refractivity contribution in [3.05, 3.63) is 77.9 Å². The fourth-order valence-corrected chi connectivity index (χ4v) is 2.08. The number of benzene rings is 2. The van der Waals surface area contributed by atoms with Gasteiger partial charge in [-0.3, -0.25) is 9.59 Å². The van der Waals surface area contributed by atoms with Crippen LogP contribution in [0.1, 0.15) is 29.3 Å². The molecule has 0 saturated heterocycles. The van der Waals surface area contributed by atoms with Crippen LogP contribution in [0.5, 0.6) is 0 Å². The van der Waals surface area contributed by atoms with Gasteiger partial charge in [-0.15, -0.1) is 0 Å². The Bertz CT molecular complexity index is 675. The van der Waals surface area contributed by atoms with Gasteiger partial charge in [0.2, 0.25) is 0 Å². The highest BCUT2D eigenvalue weighted by Crippen LogP contribution is 2.17. The van der Waals surface area contributed by atoms with Crippen LogP contribution in [0, 0.1) is 0 Å². The van der Waals surface area contributed by atoms with Crippen LogP contribution in [0.15, 0.2) is 66.7 Å². The fourth-order valence-electron chi connectivity index (χ4n) is 2.08. The van der Waals surface area contributed by atoms with Gasteiger partial charge in [0.05, 0.1) is 0 Å². The SMILES string of the molecule is CCC=CC(=O)Cc1ccccc1NC(=O)c1ccccc1. The Morgan fingerprint density at radius 3 is 2.41 bits per heavy atom. The second kappa shape index (κ2) is 7.93. The summed E-state index contributed by atoms with van der Waals surface area (Å²) in [5.74, 6) is -0.146. The minimum Gasteiger partial charge on any atom is -0.322 e. The van der Waals surface area contributed by atoms with Crippen molar-refractivity contribution in [2.75, 3.05) is 5.32 Å². The summed E-state index contributed by atoms with van der Waals surface area (Å²) in [4.78, 5) is 24.1. The molecule has 3 nitrogen and oxygen atoms in total. The molecule has 2 aromatic carbocycles. The van der Waals surface area contributed by atoms with E-state index in [1.54, 1.807) is 18.2 Å². The lowest BCUT2D eigenvalue weighted by Gasteiger charge is -2.10. The predicted octanol–water partition coefficient (Wildman–Crippen LogP) is 4.02. The summed E-state index contributed by atoms with van der Waals surface area (Å²) in [6.07, 6.45) is 4.54. The van der Waals surface area contributed by atoms with E-state index in [9.17, 15) is 9.59 Å². The van der Waals surface area contributed by atoms with E-state index in [0.717, 1.165) is 12.0 Å². The number of rotatable bonds is 6. The number of hydrogen-bond acceptors (Lipinski definition) is 2. The van der Waals surface area contributed by atoms with Crippen molar-refractivity contribution in [3.8, 4) is 0 Å². The Kier molecular flexibility index (Phi) is 5.66. The first-order valence-corrected chi connectivity index (χ1v) is 7.34. The second-order valence-corrected chi connectivity index (χ2v) is 4.93. The number of carbonyl (C=O) groups excluding carboxylic acids is 2. The number of anilines is 1. The zero-order chi connectivity index (χ0) is 15.8. The average molecular weight is 293 g/mol. The molecule has 0 fully saturated rings. The van der Waals surface area contributed by atoms with Crippen LogP contribution >= 0.6 is 0 Å². The minimum atomic E-state index is -0.176. The maximum Gasteiger partial charge on any atom is 0.255 e. The molecule has 0 spiro atoms. The highest BCUT2D eigenvalue weighted by molar-refractivity contribution is 6.05. The first-order valence-electron chi connectivity index (χ1n) is 7.34. The van der Waals surface area contributed by atoms with Crippen molar-refractivity contribution < 1.29 is 9.59 Å². The van der Waals surface area contributed by atoms with Crippen LogP contribution in [0.3, 0.4) is 0 Å². The normalized spacial score (nSPS) is 10.6. The summed E-state index contributed by atoms with van der Waals surface area (Å²) in [7, 11) is 0. The van der Waals surface area contributed by atoms with Crippen molar-refractivity contribution >= 4 is 17.4 Å². The van der Waals surface area contributed by atoms with E-state index in [-0.39, 0.29) is 18.1 Å². The van der Waals surface area contributed by atoms with E-state index in [4.69, 9.17) is 0 Å². The van der Waals surface area contributed by atoms with Crippen LogP contribution < -0.4 is 5.32 Å². The smallest absolute Gasteiger partial charge is 0.255 e. The molecule has 0 unspecified atom stereocenters. The molecule has 0 heterocycles. The topological polar surface area (TPSA) is 46.2 Å². The second-order valence-electron chi connectivity index (χ2n) is 4.93. The van der Waals surface area contributed by atoms with E-state index >= 15 is 0 Å². The molecule has 0 aliphatic heterocycles. The van der Waals surface area contributed by atoms with Gasteiger partial charge in [0, 0.05) is 17.7 Å². The Morgan fingerprint density at radius 1 is 1.00 bits per heavy atom. The molecule has 1 N–H and O–H groups in total. The molecule has 2 aromatic rings. The zero-order valence-corrected chi connectivity index (χ0v) is 12.6. The number of ketones is 1. The highest BCUT2D eigenvalue weighted by Gasteiger charge is 2.10.